The Balaban J connectivity index is 2.00. The van der Waals surface area contributed by atoms with Gasteiger partial charge in [0.15, 0.2) is 5.78 Å². The van der Waals surface area contributed by atoms with E-state index in [-0.39, 0.29) is 5.78 Å². The summed E-state index contributed by atoms with van der Waals surface area (Å²) in [6.45, 7) is 1.62. The monoisotopic (exact) mass is 308 g/mol. The Kier molecular flexibility index (Phi) is 3.62. The molecule has 1 atom stereocenters. The average molecular weight is 308 g/mol. The molecule has 23 heavy (non-hydrogen) atoms. The maximum atomic E-state index is 12.5. The summed E-state index contributed by atoms with van der Waals surface area (Å²) in [5.41, 5.74) is 1.30. The van der Waals surface area contributed by atoms with Crippen LogP contribution < -0.4 is 0 Å². The maximum Gasteiger partial charge on any atom is 0.337 e. The van der Waals surface area contributed by atoms with E-state index in [4.69, 9.17) is 0 Å². The number of hydrogen-bond acceptors (Lipinski definition) is 4. The molecule has 1 N–H and O–H groups in total. The minimum absolute atomic E-state index is 0.178. The summed E-state index contributed by atoms with van der Waals surface area (Å²) < 4.78 is 4.65. The van der Waals surface area contributed by atoms with E-state index in [2.05, 4.69) is 4.74 Å². The minimum Gasteiger partial charge on any atom is -0.465 e. The van der Waals surface area contributed by atoms with Crippen molar-refractivity contribution in [1.82, 2.24) is 0 Å². The number of hydrogen-bond donors (Lipinski definition) is 1. The van der Waals surface area contributed by atoms with Crippen LogP contribution >= 0.6 is 0 Å². The second kappa shape index (κ2) is 5.48. The largest absolute Gasteiger partial charge is 0.465 e. The average Bonchev–Trinajstić information content (AvgIpc) is 2.76. The molecule has 4 heteroatoms. The predicted molar refractivity (Wildman–Crippen MR) is 86.1 cm³/mol. The van der Waals surface area contributed by atoms with Crippen LogP contribution in [0.15, 0.2) is 54.1 Å². The zero-order chi connectivity index (χ0) is 16.6. The first-order valence-electron chi connectivity index (χ1n) is 7.22. The molecule has 0 fully saturated rings. The number of esters is 1. The molecule has 3 rings (SSSR count). The lowest BCUT2D eigenvalue weighted by Crippen LogP contribution is -2.20. The van der Waals surface area contributed by atoms with Crippen LogP contribution in [0.4, 0.5) is 0 Å². The standard InChI is InChI=1S/C19H16O4/c1-19(22)15-6-4-3-5-14(15)17(20)16(19)11-12-7-9-13(10-8-12)18(21)23-2/h3-11,22H,1-2H3/b16-11+. The minimum atomic E-state index is -1.32. The van der Waals surface area contributed by atoms with Gasteiger partial charge in [0.05, 0.1) is 12.7 Å². The van der Waals surface area contributed by atoms with E-state index in [0.29, 0.717) is 22.3 Å². The third-order valence-electron chi connectivity index (χ3n) is 4.11. The molecular weight excluding hydrogens is 292 g/mol. The highest BCUT2D eigenvalue weighted by molar-refractivity contribution is 6.17. The fourth-order valence-electron chi connectivity index (χ4n) is 2.82. The molecule has 1 aliphatic carbocycles. The highest BCUT2D eigenvalue weighted by Crippen LogP contribution is 2.41. The van der Waals surface area contributed by atoms with E-state index in [1.807, 2.05) is 0 Å². The number of ketones is 1. The van der Waals surface area contributed by atoms with Gasteiger partial charge in [0.2, 0.25) is 0 Å². The summed E-state index contributed by atoms with van der Waals surface area (Å²) in [7, 11) is 1.32. The number of aliphatic hydroxyl groups is 1. The number of methoxy groups -OCH3 is 1. The van der Waals surface area contributed by atoms with Crippen molar-refractivity contribution in [2.75, 3.05) is 7.11 Å². The highest BCUT2D eigenvalue weighted by atomic mass is 16.5. The third kappa shape index (κ3) is 2.47. The van der Waals surface area contributed by atoms with Crippen molar-refractivity contribution >= 4 is 17.8 Å². The normalized spacial score (nSPS) is 21.3. The first kappa shape index (κ1) is 15.2. The maximum absolute atomic E-state index is 12.5. The van der Waals surface area contributed by atoms with E-state index < -0.39 is 11.6 Å². The van der Waals surface area contributed by atoms with Crippen molar-refractivity contribution < 1.29 is 19.4 Å². The molecule has 0 bridgehead atoms. The lowest BCUT2D eigenvalue weighted by molar-refractivity contribution is 0.0600. The van der Waals surface area contributed by atoms with Crippen LogP contribution in [0.5, 0.6) is 0 Å². The van der Waals surface area contributed by atoms with Crippen molar-refractivity contribution in [3.05, 3.63) is 76.4 Å². The first-order chi connectivity index (χ1) is 10.9. The Labute approximate surface area is 134 Å². The van der Waals surface area contributed by atoms with E-state index in [0.717, 1.165) is 5.56 Å². The van der Waals surface area contributed by atoms with Gasteiger partial charge in [-0.3, -0.25) is 4.79 Å². The second-order valence-electron chi connectivity index (χ2n) is 5.62. The SMILES string of the molecule is COC(=O)c1ccc(/C=C2\C(=O)c3ccccc3C2(C)O)cc1. The topological polar surface area (TPSA) is 63.6 Å². The number of carbonyl (C=O) groups excluding carboxylic acids is 2. The number of fused-ring (bicyclic) bond motifs is 1. The molecule has 2 aromatic rings. The molecule has 0 spiro atoms. The highest BCUT2D eigenvalue weighted by Gasteiger charge is 2.42. The predicted octanol–water partition coefficient (Wildman–Crippen LogP) is 2.96. The van der Waals surface area contributed by atoms with Gasteiger partial charge < -0.3 is 9.84 Å². The third-order valence-corrected chi connectivity index (χ3v) is 4.11. The number of carbonyl (C=O) groups is 2. The molecule has 0 radical (unpaired) electrons. The number of rotatable bonds is 2. The number of benzene rings is 2. The smallest absolute Gasteiger partial charge is 0.337 e. The zero-order valence-electron chi connectivity index (χ0n) is 12.9. The summed E-state index contributed by atoms with van der Waals surface area (Å²) in [6, 6.07) is 13.7. The van der Waals surface area contributed by atoms with Gasteiger partial charge in [0, 0.05) is 11.1 Å². The molecule has 0 saturated carbocycles. The van der Waals surface area contributed by atoms with E-state index in [1.54, 1.807) is 61.5 Å². The van der Waals surface area contributed by atoms with Gasteiger partial charge in [0.25, 0.3) is 0 Å². The summed E-state index contributed by atoms with van der Waals surface area (Å²) in [4.78, 5) is 24.0. The Bertz CT molecular complexity index is 814. The van der Waals surface area contributed by atoms with Crippen molar-refractivity contribution in [2.45, 2.75) is 12.5 Å². The molecular formula is C19H16O4. The van der Waals surface area contributed by atoms with Gasteiger partial charge in [-0.05, 0) is 36.3 Å². The Morgan fingerprint density at radius 2 is 1.78 bits per heavy atom. The van der Waals surface area contributed by atoms with Crippen LogP contribution in [0.2, 0.25) is 0 Å². The van der Waals surface area contributed by atoms with Crippen molar-refractivity contribution in [2.24, 2.45) is 0 Å². The number of ether oxygens (including phenoxy) is 1. The molecule has 0 amide bonds. The lowest BCUT2D eigenvalue weighted by atomic mass is 9.93. The second-order valence-corrected chi connectivity index (χ2v) is 5.62. The summed E-state index contributed by atoms with van der Waals surface area (Å²) in [5.74, 6) is -0.594. The summed E-state index contributed by atoms with van der Waals surface area (Å²) in [5, 5.41) is 10.8. The van der Waals surface area contributed by atoms with Gasteiger partial charge in [-0.2, -0.15) is 0 Å². The van der Waals surface area contributed by atoms with Crippen LogP contribution in [0, 0.1) is 0 Å². The molecule has 0 saturated heterocycles. The van der Waals surface area contributed by atoms with Crippen molar-refractivity contribution in [3.63, 3.8) is 0 Å². The number of Topliss-reactive ketones (excluding diaryl/α,β-unsaturated/α-hetero) is 1. The van der Waals surface area contributed by atoms with Crippen molar-refractivity contribution in [1.29, 1.82) is 0 Å². The zero-order valence-corrected chi connectivity index (χ0v) is 12.9. The van der Waals surface area contributed by atoms with Gasteiger partial charge in [-0.15, -0.1) is 0 Å². The molecule has 0 aliphatic heterocycles. The Morgan fingerprint density at radius 1 is 1.13 bits per heavy atom. The van der Waals surface area contributed by atoms with Gasteiger partial charge in [-0.1, -0.05) is 36.4 Å². The van der Waals surface area contributed by atoms with Crippen LogP contribution in [0.3, 0.4) is 0 Å². The molecule has 1 unspecified atom stereocenters. The fourth-order valence-corrected chi connectivity index (χ4v) is 2.82. The van der Waals surface area contributed by atoms with Crippen LogP contribution in [-0.4, -0.2) is 24.0 Å². The van der Waals surface area contributed by atoms with Crippen molar-refractivity contribution in [3.8, 4) is 0 Å². The fraction of sp³-hybridized carbons (Fsp3) is 0.158. The van der Waals surface area contributed by atoms with Gasteiger partial charge in [0.1, 0.15) is 5.60 Å². The van der Waals surface area contributed by atoms with Crippen LogP contribution in [-0.2, 0) is 10.3 Å². The molecule has 0 heterocycles. The molecule has 4 nitrogen and oxygen atoms in total. The Morgan fingerprint density at radius 3 is 2.39 bits per heavy atom. The first-order valence-corrected chi connectivity index (χ1v) is 7.22. The molecule has 116 valence electrons. The van der Waals surface area contributed by atoms with E-state index >= 15 is 0 Å². The lowest BCUT2D eigenvalue weighted by Gasteiger charge is -2.19. The van der Waals surface area contributed by atoms with Crippen LogP contribution in [0.25, 0.3) is 6.08 Å². The summed E-state index contributed by atoms with van der Waals surface area (Å²) >= 11 is 0. The quantitative estimate of drug-likeness (QED) is 0.684. The van der Waals surface area contributed by atoms with Gasteiger partial charge in [-0.25, -0.2) is 4.79 Å². The van der Waals surface area contributed by atoms with E-state index in [1.165, 1.54) is 7.11 Å². The molecule has 2 aromatic carbocycles. The van der Waals surface area contributed by atoms with Gasteiger partial charge >= 0.3 is 5.97 Å². The van der Waals surface area contributed by atoms with E-state index in [9.17, 15) is 14.7 Å². The molecule has 0 aromatic heterocycles. The molecule has 1 aliphatic rings. The summed E-state index contributed by atoms with van der Waals surface area (Å²) in [6.07, 6.45) is 1.66. The Hall–Kier alpha value is -2.72. The van der Waals surface area contributed by atoms with Crippen LogP contribution in [0.1, 0.15) is 38.8 Å².